The minimum absolute atomic E-state index is 0.0838. The van der Waals surface area contributed by atoms with Crippen molar-refractivity contribution in [1.29, 1.82) is 0 Å². The van der Waals surface area contributed by atoms with Gasteiger partial charge in [0.1, 0.15) is 17.7 Å². The molecular weight excluding hydrogens is 337 g/mol. The van der Waals surface area contributed by atoms with Crippen LogP contribution in [0.3, 0.4) is 0 Å². The number of H-pyrrole nitrogens is 1. The van der Waals surface area contributed by atoms with Crippen LogP contribution in [-0.4, -0.2) is 57.9 Å². The fourth-order valence-electron chi connectivity index (χ4n) is 3.85. The molecule has 2 N–H and O–H groups in total. The Morgan fingerprint density at radius 1 is 1.42 bits per heavy atom. The second kappa shape index (κ2) is 6.34. The van der Waals surface area contributed by atoms with E-state index in [4.69, 9.17) is 0 Å². The van der Waals surface area contributed by atoms with Gasteiger partial charge in [0.05, 0.1) is 11.5 Å². The maximum Gasteiger partial charge on any atom is 0.253 e. The number of carbonyl (C=O) groups is 2. The van der Waals surface area contributed by atoms with Gasteiger partial charge in [0.2, 0.25) is 5.91 Å². The van der Waals surface area contributed by atoms with E-state index in [1.54, 1.807) is 30.0 Å². The van der Waals surface area contributed by atoms with E-state index in [0.29, 0.717) is 29.7 Å². The number of aromatic amines is 1. The van der Waals surface area contributed by atoms with Crippen LogP contribution in [0.4, 0.5) is 4.39 Å². The van der Waals surface area contributed by atoms with Crippen LogP contribution in [0.25, 0.3) is 11.0 Å². The third kappa shape index (κ3) is 2.93. The van der Waals surface area contributed by atoms with Gasteiger partial charge in [-0.15, -0.1) is 0 Å². The molecule has 26 heavy (non-hydrogen) atoms. The Labute approximate surface area is 150 Å². The number of nitrogens with zero attached hydrogens (tertiary/aromatic N) is 3. The van der Waals surface area contributed by atoms with Crippen LogP contribution in [0.15, 0.2) is 18.2 Å². The van der Waals surface area contributed by atoms with Gasteiger partial charge in [-0.25, -0.2) is 0 Å². The smallest absolute Gasteiger partial charge is 0.253 e. The number of aromatic nitrogens is 3. The minimum atomic E-state index is -0.657. The molecule has 1 aliphatic heterocycles. The summed E-state index contributed by atoms with van der Waals surface area (Å²) >= 11 is 0. The van der Waals surface area contributed by atoms with Crippen LogP contribution in [0, 0.1) is 11.3 Å². The Balaban J connectivity index is 1.46. The van der Waals surface area contributed by atoms with E-state index in [1.165, 1.54) is 0 Å². The average molecular weight is 359 g/mol. The molecule has 1 saturated heterocycles. The molecule has 2 atom stereocenters. The molecule has 0 radical (unpaired) electrons. The monoisotopic (exact) mass is 359 g/mol. The SMILES string of the molecule is CC(CF)C(=O)N1CC2(CC2)CC1CNC(=O)c1cccc2n[nH]nc12. The average Bonchev–Trinajstić information content (AvgIpc) is 3.07. The molecule has 1 spiro atoms. The van der Waals surface area contributed by atoms with Crippen molar-refractivity contribution >= 4 is 22.8 Å². The number of benzene rings is 1. The lowest BCUT2D eigenvalue weighted by atomic mass is 10.0. The highest BCUT2D eigenvalue weighted by atomic mass is 19.1. The van der Waals surface area contributed by atoms with E-state index in [9.17, 15) is 14.0 Å². The molecule has 8 heteroatoms. The zero-order valence-corrected chi connectivity index (χ0v) is 14.7. The van der Waals surface area contributed by atoms with Gasteiger partial charge in [0.25, 0.3) is 5.91 Å². The molecule has 4 rings (SSSR count). The number of amides is 2. The van der Waals surface area contributed by atoms with Gasteiger partial charge < -0.3 is 10.2 Å². The molecule has 2 unspecified atom stereocenters. The Morgan fingerprint density at radius 2 is 2.23 bits per heavy atom. The molecule has 1 saturated carbocycles. The Kier molecular flexibility index (Phi) is 4.13. The zero-order valence-electron chi connectivity index (χ0n) is 14.7. The van der Waals surface area contributed by atoms with Crippen molar-refractivity contribution < 1.29 is 14.0 Å². The van der Waals surface area contributed by atoms with Crippen molar-refractivity contribution in [3.63, 3.8) is 0 Å². The molecule has 2 aromatic rings. The highest BCUT2D eigenvalue weighted by Crippen LogP contribution is 2.54. The first kappa shape index (κ1) is 16.9. The number of hydrogen-bond donors (Lipinski definition) is 2. The predicted octanol–water partition coefficient (Wildman–Crippen LogP) is 1.67. The molecular formula is C18H22FN5O2. The number of carbonyl (C=O) groups excluding carboxylic acids is 2. The fraction of sp³-hybridized carbons (Fsp3) is 0.556. The zero-order chi connectivity index (χ0) is 18.3. The first-order valence-corrected chi connectivity index (χ1v) is 8.97. The highest BCUT2D eigenvalue weighted by molar-refractivity contribution is 6.04. The van der Waals surface area contributed by atoms with Crippen LogP contribution in [0.1, 0.15) is 36.5 Å². The lowest BCUT2D eigenvalue weighted by Gasteiger charge is -2.27. The number of likely N-dealkylation sites (tertiary alicyclic amines) is 1. The molecule has 1 aliphatic carbocycles. The highest BCUT2D eigenvalue weighted by Gasteiger charge is 2.53. The van der Waals surface area contributed by atoms with Crippen LogP contribution in [-0.2, 0) is 4.79 Å². The summed E-state index contributed by atoms with van der Waals surface area (Å²) in [7, 11) is 0. The predicted molar refractivity (Wildman–Crippen MR) is 93.1 cm³/mol. The maximum absolute atomic E-state index is 12.9. The number of rotatable bonds is 5. The molecule has 2 fully saturated rings. The van der Waals surface area contributed by atoms with E-state index >= 15 is 0 Å². The number of alkyl halides is 1. The third-order valence-corrected chi connectivity index (χ3v) is 5.60. The van der Waals surface area contributed by atoms with E-state index in [2.05, 4.69) is 20.7 Å². The number of hydrogen-bond acceptors (Lipinski definition) is 4. The van der Waals surface area contributed by atoms with Crippen molar-refractivity contribution in [2.45, 2.75) is 32.2 Å². The second-order valence-corrected chi connectivity index (χ2v) is 7.59. The summed E-state index contributed by atoms with van der Waals surface area (Å²) in [6.45, 7) is 1.99. The number of halogens is 1. The molecule has 2 aliphatic rings. The summed E-state index contributed by atoms with van der Waals surface area (Å²) in [6.07, 6.45) is 3.07. The first-order valence-electron chi connectivity index (χ1n) is 8.97. The Hall–Kier alpha value is -2.51. The summed E-state index contributed by atoms with van der Waals surface area (Å²) in [5.41, 5.74) is 1.79. The molecule has 1 aromatic heterocycles. The number of para-hydroxylation sites is 1. The van der Waals surface area contributed by atoms with Crippen molar-refractivity contribution in [3.05, 3.63) is 23.8 Å². The summed E-state index contributed by atoms with van der Waals surface area (Å²) in [5.74, 6) is -1.03. The van der Waals surface area contributed by atoms with E-state index < -0.39 is 12.6 Å². The van der Waals surface area contributed by atoms with Gasteiger partial charge in [0, 0.05) is 19.1 Å². The minimum Gasteiger partial charge on any atom is -0.350 e. The second-order valence-electron chi connectivity index (χ2n) is 7.59. The van der Waals surface area contributed by atoms with Crippen molar-refractivity contribution in [2.24, 2.45) is 11.3 Å². The van der Waals surface area contributed by atoms with E-state index in [-0.39, 0.29) is 23.3 Å². The van der Waals surface area contributed by atoms with Gasteiger partial charge in [-0.3, -0.25) is 14.0 Å². The maximum atomic E-state index is 12.9. The quantitative estimate of drug-likeness (QED) is 0.850. The number of fused-ring (bicyclic) bond motifs is 1. The summed E-state index contributed by atoms with van der Waals surface area (Å²) in [4.78, 5) is 26.9. The summed E-state index contributed by atoms with van der Waals surface area (Å²) in [5, 5.41) is 13.5. The molecule has 138 valence electrons. The molecule has 0 bridgehead atoms. The first-order chi connectivity index (χ1) is 12.5. The van der Waals surface area contributed by atoms with Crippen LogP contribution in [0.2, 0.25) is 0 Å². The van der Waals surface area contributed by atoms with Crippen LogP contribution < -0.4 is 5.32 Å². The van der Waals surface area contributed by atoms with Gasteiger partial charge in [-0.2, -0.15) is 15.4 Å². The van der Waals surface area contributed by atoms with Gasteiger partial charge >= 0.3 is 0 Å². The van der Waals surface area contributed by atoms with Crippen molar-refractivity contribution in [3.8, 4) is 0 Å². The van der Waals surface area contributed by atoms with Crippen LogP contribution >= 0.6 is 0 Å². The van der Waals surface area contributed by atoms with Gasteiger partial charge in [-0.1, -0.05) is 13.0 Å². The van der Waals surface area contributed by atoms with Crippen molar-refractivity contribution in [1.82, 2.24) is 25.6 Å². The largest absolute Gasteiger partial charge is 0.350 e. The Bertz CT molecular complexity index is 847. The fourth-order valence-corrected chi connectivity index (χ4v) is 3.85. The van der Waals surface area contributed by atoms with E-state index in [0.717, 1.165) is 19.3 Å². The topological polar surface area (TPSA) is 91.0 Å². The third-order valence-electron chi connectivity index (χ3n) is 5.60. The molecule has 2 amide bonds. The van der Waals surface area contributed by atoms with E-state index in [1.807, 2.05) is 0 Å². The number of nitrogens with one attached hydrogen (secondary N) is 2. The normalized spacial score (nSPS) is 21.9. The lowest BCUT2D eigenvalue weighted by molar-refractivity contribution is -0.136. The van der Waals surface area contributed by atoms with Crippen LogP contribution in [0.5, 0.6) is 0 Å². The standard InChI is InChI=1S/C18H22FN5O2/c1-11(8-19)17(26)24-10-18(5-6-18)7-12(24)9-20-16(25)13-3-2-4-14-15(13)22-23-21-14/h2-4,11-12H,5-10H2,1H3,(H,20,25)(H,21,22,23). The van der Waals surface area contributed by atoms with Gasteiger partial charge in [-0.05, 0) is 36.8 Å². The Morgan fingerprint density at radius 3 is 2.96 bits per heavy atom. The lowest BCUT2D eigenvalue weighted by Crippen LogP contribution is -2.45. The van der Waals surface area contributed by atoms with Gasteiger partial charge in [0.15, 0.2) is 0 Å². The molecule has 2 heterocycles. The molecule has 1 aromatic carbocycles. The van der Waals surface area contributed by atoms with Crippen molar-refractivity contribution in [2.75, 3.05) is 19.8 Å². The molecule has 7 nitrogen and oxygen atoms in total. The summed E-state index contributed by atoms with van der Waals surface area (Å²) < 4.78 is 12.9. The summed E-state index contributed by atoms with van der Waals surface area (Å²) in [6, 6.07) is 5.15.